The van der Waals surface area contributed by atoms with E-state index in [2.05, 4.69) is 21.2 Å². The highest BCUT2D eigenvalue weighted by molar-refractivity contribution is 9.10. The van der Waals surface area contributed by atoms with Gasteiger partial charge >= 0.3 is 0 Å². The first-order valence-electron chi connectivity index (χ1n) is 7.45. The lowest BCUT2D eigenvalue weighted by Gasteiger charge is -2.18. The van der Waals surface area contributed by atoms with Crippen molar-refractivity contribution in [1.29, 1.82) is 0 Å². The maximum Gasteiger partial charge on any atom is 0.238 e. The fourth-order valence-corrected chi connectivity index (χ4v) is 3.29. The van der Waals surface area contributed by atoms with Gasteiger partial charge < -0.3 is 5.32 Å². The molecule has 0 fully saturated rings. The molecule has 24 heavy (non-hydrogen) atoms. The highest BCUT2D eigenvalue weighted by Gasteiger charge is 2.13. The molecule has 0 heterocycles. The number of nitrogens with zero attached hydrogens (tertiary/aromatic N) is 1. The summed E-state index contributed by atoms with van der Waals surface area (Å²) in [6.45, 7) is 4.31. The molecule has 128 valence electrons. The van der Waals surface area contributed by atoms with Crippen molar-refractivity contribution in [2.75, 3.05) is 18.9 Å². The van der Waals surface area contributed by atoms with Crippen LogP contribution >= 0.6 is 27.5 Å². The summed E-state index contributed by atoms with van der Waals surface area (Å²) in [6, 6.07) is 8.54. The molecule has 0 aromatic heterocycles. The van der Waals surface area contributed by atoms with Crippen LogP contribution in [0.1, 0.15) is 16.7 Å². The molecule has 0 spiro atoms. The van der Waals surface area contributed by atoms with E-state index in [1.165, 1.54) is 6.07 Å². The minimum absolute atomic E-state index is 0.135. The number of hydrogen-bond donors (Lipinski definition) is 1. The molecule has 0 saturated carbocycles. The Balaban J connectivity index is 2.01. The fraction of sp³-hybridized carbons (Fsp3) is 0.278. The lowest BCUT2D eigenvalue weighted by molar-refractivity contribution is -0.117. The number of anilines is 1. The Morgan fingerprint density at radius 3 is 2.67 bits per heavy atom. The maximum absolute atomic E-state index is 13.8. The van der Waals surface area contributed by atoms with Gasteiger partial charge in [0.1, 0.15) is 5.82 Å². The first kappa shape index (κ1) is 18.9. The molecule has 0 radical (unpaired) electrons. The van der Waals surface area contributed by atoms with Crippen molar-refractivity contribution >= 4 is 39.1 Å². The minimum Gasteiger partial charge on any atom is -0.323 e. The summed E-state index contributed by atoms with van der Waals surface area (Å²) in [6.07, 6.45) is 0. The summed E-state index contributed by atoms with van der Waals surface area (Å²) in [5.74, 6) is -0.482. The van der Waals surface area contributed by atoms with Crippen molar-refractivity contribution < 1.29 is 9.18 Å². The van der Waals surface area contributed by atoms with Crippen LogP contribution in [-0.4, -0.2) is 24.4 Å². The molecule has 0 aliphatic carbocycles. The monoisotopic (exact) mass is 412 g/mol. The second kappa shape index (κ2) is 8.10. The highest BCUT2D eigenvalue weighted by Crippen LogP contribution is 2.27. The lowest BCUT2D eigenvalue weighted by Crippen LogP contribution is -2.30. The summed E-state index contributed by atoms with van der Waals surface area (Å²) >= 11 is 9.52. The van der Waals surface area contributed by atoms with E-state index in [9.17, 15) is 9.18 Å². The average Bonchev–Trinajstić information content (AvgIpc) is 2.46. The van der Waals surface area contributed by atoms with Crippen molar-refractivity contribution in [2.45, 2.75) is 20.4 Å². The Morgan fingerprint density at radius 1 is 1.29 bits per heavy atom. The van der Waals surface area contributed by atoms with Crippen molar-refractivity contribution in [3.63, 3.8) is 0 Å². The Morgan fingerprint density at radius 2 is 2.00 bits per heavy atom. The van der Waals surface area contributed by atoms with E-state index in [1.807, 2.05) is 26.0 Å². The van der Waals surface area contributed by atoms with Crippen LogP contribution in [0.25, 0.3) is 0 Å². The van der Waals surface area contributed by atoms with E-state index in [-0.39, 0.29) is 18.3 Å². The molecule has 1 amide bonds. The number of benzene rings is 2. The fourth-order valence-electron chi connectivity index (χ4n) is 2.51. The molecule has 6 heteroatoms. The van der Waals surface area contributed by atoms with Gasteiger partial charge in [-0.1, -0.05) is 33.6 Å². The van der Waals surface area contributed by atoms with Gasteiger partial charge in [0, 0.05) is 16.6 Å². The number of nitrogens with one attached hydrogen (secondary N) is 1. The number of halogens is 3. The van der Waals surface area contributed by atoms with E-state index < -0.39 is 0 Å². The molecule has 2 rings (SSSR count). The Bertz CT molecular complexity index is 744. The van der Waals surface area contributed by atoms with Gasteiger partial charge in [0.15, 0.2) is 0 Å². The van der Waals surface area contributed by atoms with Gasteiger partial charge in [0.25, 0.3) is 0 Å². The summed E-state index contributed by atoms with van der Waals surface area (Å²) in [7, 11) is 1.77. The van der Waals surface area contributed by atoms with Crippen LogP contribution in [0.4, 0.5) is 10.1 Å². The molecule has 2 aromatic carbocycles. The average molecular weight is 414 g/mol. The van der Waals surface area contributed by atoms with E-state index in [0.717, 1.165) is 15.6 Å². The largest absolute Gasteiger partial charge is 0.323 e. The lowest BCUT2D eigenvalue weighted by atomic mass is 10.1. The highest BCUT2D eigenvalue weighted by atomic mass is 79.9. The van der Waals surface area contributed by atoms with Gasteiger partial charge in [-0.15, -0.1) is 0 Å². The third kappa shape index (κ3) is 5.03. The third-order valence-corrected chi connectivity index (χ3v) is 4.35. The second-order valence-electron chi connectivity index (χ2n) is 5.89. The maximum atomic E-state index is 13.8. The van der Waals surface area contributed by atoms with Gasteiger partial charge in [-0.05, 0) is 56.3 Å². The van der Waals surface area contributed by atoms with Crippen LogP contribution in [0.5, 0.6) is 0 Å². The molecule has 0 aliphatic rings. The molecule has 0 bridgehead atoms. The zero-order valence-corrected chi connectivity index (χ0v) is 16.1. The molecule has 0 unspecified atom stereocenters. The van der Waals surface area contributed by atoms with Gasteiger partial charge in [-0.2, -0.15) is 0 Å². The Hall–Kier alpha value is -1.43. The van der Waals surface area contributed by atoms with Crippen molar-refractivity contribution in [2.24, 2.45) is 0 Å². The molecule has 0 atom stereocenters. The third-order valence-electron chi connectivity index (χ3n) is 3.56. The number of rotatable bonds is 5. The topological polar surface area (TPSA) is 32.3 Å². The molecular weight excluding hydrogens is 395 g/mol. The van der Waals surface area contributed by atoms with Crippen LogP contribution in [-0.2, 0) is 11.3 Å². The van der Waals surface area contributed by atoms with Crippen molar-refractivity contribution in [3.05, 3.63) is 62.3 Å². The smallest absolute Gasteiger partial charge is 0.238 e. The van der Waals surface area contributed by atoms with E-state index in [4.69, 9.17) is 11.6 Å². The minimum atomic E-state index is -0.289. The standard InChI is InChI=1S/C18H19BrClFN2O/c1-11-6-12(2)18(15(20)7-11)22-17(24)10-23(3)9-13-8-14(19)4-5-16(13)21/h4-8H,9-10H2,1-3H3,(H,22,24). The summed E-state index contributed by atoms with van der Waals surface area (Å²) < 4.78 is 14.6. The predicted molar refractivity (Wildman–Crippen MR) is 100.0 cm³/mol. The molecule has 0 aliphatic heterocycles. The summed E-state index contributed by atoms with van der Waals surface area (Å²) in [5, 5.41) is 3.35. The SMILES string of the molecule is Cc1cc(C)c(NC(=O)CN(C)Cc2cc(Br)ccc2F)c(Cl)c1. The van der Waals surface area contributed by atoms with E-state index in [0.29, 0.717) is 22.8 Å². The van der Waals surface area contributed by atoms with Crippen LogP contribution in [0.15, 0.2) is 34.8 Å². The number of aryl methyl sites for hydroxylation is 2. The first-order valence-corrected chi connectivity index (χ1v) is 8.62. The van der Waals surface area contributed by atoms with E-state index in [1.54, 1.807) is 24.1 Å². The van der Waals surface area contributed by atoms with Gasteiger partial charge in [-0.25, -0.2) is 4.39 Å². The molecular formula is C18H19BrClFN2O. The molecule has 0 saturated heterocycles. The molecule has 2 aromatic rings. The van der Waals surface area contributed by atoms with Crippen molar-refractivity contribution in [3.8, 4) is 0 Å². The number of carbonyl (C=O) groups is 1. The Labute approximate surface area is 154 Å². The van der Waals surface area contributed by atoms with Crippen LogP contribution in [0.2, 0.25) is 5.02 Å². The van der Waals surface area contributed by atoms with Gasteiger partial charge in [0.05, 0.1) is 17.3 Å². The number of carbonyl (C=O) groups excluding carboxylic acids is 1. The van der Waals surface area contributed by atoms with Crippen LogP contribution in [0.3, 0.4) is 0 Å². The van der Waals surface area contributed by atoms with Crippen LogP contribution in [0, 0.1) is 19.7 Å². The second-order valence-corrected chi connectivity index (χ2v) is 7.22. The van der Waals surface area contributed by atoms with Gasteiger partial charge in [0.2, 0.25) is 5.91 Å². The number of amides is 1. The molecule has 1 N–H and O–H groups in total. The Kier molecular flexibility index (Phi) is 6.38. The first-order chi connectivity index (χ1) is 11.3. The summed E-state index contributed by atoms with van der Waals surface area (Å²) in [4.78, 5) is 14.0. The predicted octanol–water partition coefficient (Wildman–Crippen LogP) is 4.93. The normalized spacial score (nSPS) is 11.0. The zero-order chi connectivity index (χ0) is 17.9. The molecule has 3 nitrogen and oxygen atoms in total. The number of hydrogen-bond acceptors (Lipinski definition) is 2. The number of likely N-dealkylation sites (N-methyl/N-ethyl adjacent to an activating group) is 1. The zero-order valence-electron chi connectivity index (χ0n) is 13.8. The van der Waals surface area contributed by atoms with Crippen LogP contribution < -0.4 is 5.32 Å². The summed E-state index contributed by atoms with van der Waals surface area (Å²) in [5.41, 5.74) is 3.10. The van der Waals surface area contributed by atoms with E-state index >= 15 is 0 Å². The quantitative estimate of drug-likeness (QED) is 0.754. The van der Waals surface area contributed by atoms with Gasteiger partial charge in [-0.3, -0.25) is 9.69 Å². The van der Waals surface area contributed by atoms with Crippen molar-refractivity contribution in [1.82, 2.24) is 4.90 Å².